The van der Waals surface area contributed by atoms with Gasteiger partial charge in [0.2, 0.25) is 5.91 Å². The number of pyridine rings is 2. The summed E-state index contributed by atoms with van der Waals surface area (Å²) in [6, 6.07) is 11.6. The van der Waals surface area contributed by atoms with Crippen LogP contribution in [-0.4, -0.2) is 71.7 Å². The molecule has 2 fully saturated rings. The van der Waals surface area contributed by atoms with Gasteiger partial charge in [-0.1, -0.05) is 6.92 Å². The first-order valence-electron chi connectivity index (χ1n) is 12.4. The van der Waals surface area contributed by atoms with E-state index >= 15 is 4.39 Å². The Labute approximate surface area is 219 Å². The minimum Gasteiger partial charge on any atom is -0.423 e. The molecule has 0 spiro atoms. The summed E-state index contributed by atoms with van der Waals surface area (Å²) in [5, 5.41) is 2.61. The normalized spacial score (nSPS) is 17.4. The Bertz CT molecular complexity index is 1330. The molecule has 2 saturated heterocycles. The summed E-state index contributed by atoms with van der Waals surface area (Å²) in [6.45, 7) is 4.19. The molecule has 5 rings (SSSR count). The van der Waals surface area contributed by atoms with Crippen LogP contribution in [0.1, 0.15) is 23.7 Å². The molecule has 1 N–H and O–H groups in total. The van der Waals surface area contributed by atoms with Crippen LogP contribution in [0.5, 0.6) is 0 Å². The van der Waals surface area contributed by atoms with E-state index in [1.807, 2.05) is 6.07 Å². The topological polar surface area (TPSA) is 108 Å². The van der Waals surface area contributed by atoms with Crippen LogP contribution in [0.4, 0.5) is 20.7 Å². The number of hydrogen-bond acceptors (Lipinski definition) is 7. The largest absolute Gasteiger partial charge is 0.423 e. The van der Waals surface area contributed by atoms with Gasteiger partial charge < -0.3 is 19.9 Å². The van der Waals surface area contributed by atoms with Gasteiger partial charge >= 0.3 is 6.09 Å². The first kappa shape index (κ1) is 25.1. The Kier molecular flexibility index (Phi) is 7.16. The summed E-state index contributed by atoms with van der Waals surface area (Å²) in [5.74, 6) is -0.0294. The lowest BCUT2D eigenvalue weighted by Gasteiger charge is -2.35. The van der Waals surface area contributed by atoms with Crippen molar-refractivity contribution in [3.63, 3.8) is 0 Å². The molecule has 2 aliphatic heterocycles. The number of carbonyl (C=O) groups excluding carboxylic acids is 3. The number of anilines is 2. The van der Waals surface area contributed by atoms with E-state index in [2.05, 4.69) is 20.2 Å². The highest BCUT2D eigenvalue weighted by molar-refractivity contribution is 5.94. The van der Waals surface area contributed by atoms with Crippen molar-refractivity contribution in [1.29, 1.82) is 0 Å². The Morgan fingerprint density at radius 2 is 1.92 bits per heavy atom. The van der Waals surface area contributed by atoms with Crippen molar-refractivity contribution in [3.8, 4) is 11.1 Å². The molecule has 1 unspecified atom stereocenters. The molecule has 3 aromatic rings. The van der Waals surface area contributed by atoms with Gasteiger partial charge in [-0.3, -0.25) is 19.5 Å². The Balaban J connectivity index is 1.21. The van der Waals surface area contributed by atoms with E-state index in [9.17, 15) is 14.4 Å². The first-order valence-corrected chi connectivity index (χ1v) is 12.4. The molecule has 0 aliphatic carbocycles. The third-order valence-corrected chi connectivity index (χ3v) is 6.58. The van der Waals surface area contributed by atoms with Gasteiger partial charge in [0, 0.05) is 62.3 Å². The fraction of sp³-hybridized carbons (Fsp3) is 0.296. The summed E-state index contributed by atoms with van der Waals surface area (Å²) < 4.78 is 20.2. The highest BCUT2D eigenvalue weighted by Crippen LogP contribution is 2.29. The van der Waals surface area contributed by atoms with Gasteiger partial charge in [0.15, 0.2) is 6.23 Å². The highest BCUT2D eigenvalue weighted by Gasteiger charge is 2.33. The van der Waals surface area contributed by atoms with E-state index in [1.54, 1.807) is 60.7 Å². The molecule has 196 valence electrons. The average Bonchev–Trinajstić information content (AvgIpc) is 3.32. The molecule has 2 aliphatic rings. The second-order valence-electron chi connectivity index (χ2n) is 8.99. The zero-order valence-electron chi connectivity index (χ0n) is 20.8. The fourth-order valence-electron chi connectivity index (χ4n) is 4.48. The van der Waals surface area contributed by atoms with Crippen LogP contribution in [0.15, 0.2) is 61.1 Å². The molecule has 1 aromatic carbocycles. The third kappa shape index (κ3) is 5.26. The van der Waals surface area contributed by atoms with E-state index in [-0.39, 0.29) is 24.8 Å². The van der Waals surface area contributed by atoms with Gasteiger partial charge in [0.05, 0.1) is 17.8 Å². The molecule has 38 heavy (non-hydrogen) atoms. The van der Waals surface area contributed by atoms with Crippen molar-refractivity contribution >= 4 is 29.4 Å². The third-order valence-electron chi connectivity index (χ3n) is 6.58. The maximum atomic E-state index is 15.1. The number of piperazine rings is 1. The van der Waals surface area contributed by atoms with Crippen LogP contribution in [0, 0.1) is 5.82 Å². The average molecular weight is 519 g/mol. The minimum atomic E-state index is -0.773. The lowest BCUT2D eigenvalue weighted by atomic mass is 10.1. The number of nitrogens with zero attached hydrogens (tertiary/aromatic N) is 5. The second-order valence-corrected chi connectivity index (χ2v) is 8.99. The molecule has 10 nitrogen and oxygen atoms in total. The number of cyclic esters (lactones) is 1. The fourth-order valence-corrected chi connectivity index (χ4v) is 4.48. The lowest BCUT2D eigenvalue weighted by molar-refractivity contribution is -0.123. The number of benzene rings is 1. The van der Waals surface area contributed by atoms with Crippen LogP contribution in [0.25, 0.3) is 11.1 Å². The molecule has 1 atom stereocenters. The van der Waals surface area contributed by atoms with Crippen LogP contribution < -0.4 is 15.1 Å². The van der Waals surface area contributed by atoms with Crippen molar-refractivity contribution in [2.24, 2.45) is 0 Å². The van der Waals surface area contributed by atoms with Gasteiger partial charge in [0.1, 0.15) is 11.6 Å². The summed E-state index contributed by atoms with van der Waals surface area (Å²) in [5.41, 5.74) is 1.86. The highest BCUT2D eigenvalue weighted by atomic mass is 19.1. The number of rotatable bonds is 6. The first-order chi connectivity index (χ1) is 18.4. The molecule has 0 radical (unpaired) electrons. The standard InChI is InChI=1S/C27H27FN6O4/c1-2-24(35)31-25-17-34(27(37)38-25)20-6-7-21(22(28)14-20)18-5-8-23(30-16-18)32-10-12-33(13-11-32)26(36)19-4-3-9-29-15-19/h3-9,14-16,25H,2,10-13,17H2,1H3,(H,31,35). The summed E-state index contributed by atoms with van der Waals surface area (Å²) >= 11 is 0. The van der Waals surface area contributed by atoms with Crippen molar-refractivity contribution in [2.75, 3.05) is 42.5 Å². The predicted octanol–water partition coefficient (Wildman–Crippen LogP) is 3.05. The van der Waals surface area contributed by atoms with Gasteiger partial charge in [0.25, 0.3) is 5.91 Å². The summed E-state index contributed by atoms with van der Waals surface area (Å²) in [6.07, 6.45) is 3.67. The predicted molar refractivity (Wildman–Crippen MR) is 138 cm³/mol. The summed E-state index contributed by atoms with van der Waals surface area (Å²) in [4.78, 5) is 50.2. The smallest absolute Gasteiger partial charge is 0.416 e. The van der Waals surface area contributed by atoms with Gasteiger partial charge in [-0.05, 0) is 42.5 Å². The number of carbonyl (C=O) groups is 3. The maximum Gasteiger partial charge on any atom is 0.416 e. The lowest BCUT2D eigenvalue weighted by Crippen LogP contribution is -2.49. The molecule has 3 amide bonds. The summed E-state index contributed by atoms with van der Waals surface area (Å²) in [7, 11) is 0. The SMILES string of the molecule is CCC(=O)NC1CN(c2ccc(-c3ccc(N4CCN(C(=O)c5cccnc5)CC4)nc3)c(F)c2)C(=O)O1. The monoisotopic (exact) mass is 518 g/mol. The van der Waals surface area contributed by atoms with E-state index in [0.29, 0.717) is 48.6 Å². The minimum absolute atomic E-state index is 0.0385. The molecule has 0 saturated carbocycles. The van der Waals surface area contributed by atoms with Gasteiger partial charge in [-0.15, -0.1) is 0 Å². The molecule has 4 heterocycles. The van der Waals surface area contributed by atoms with E-state index in [4.69, 9.17) is 4.74 Å². The van der Waals surface area contributed by atoms with Crippen LogP contribution in [-0.2, 0) is 9.53 Å². The number of ether oxygens (including phenoxy) is 1. The van der Waals surface area contributed by atoms with Crippen LogP contribution in [0.2, 0.25) is 0 Å². The number of nitrogens with one attached hydrogen (secondary N) is 1. The van der Waals surface area contributed by atoms with Gasteiger partial charge in [-0.2, -0.15) is 0 Å². The van der Waals surface area contributed by atoms with Crippen molar-refractivity contribution < 1.29 is 23.5 Å². The van der Waals surface area contributed by atoms with E-state index < -0.39 is 18.1 Å². The quantitative estimate of drug-likeness (QED) is 0.534. The zero-order chi connectivity index (χ0) is 26.6. The Morgan fingerprint density at radius 1 is 1.11 bits per heavy atom. The number of halogens is 1. The molecule has 0 bridgehead atoms. The van der Waals surface area contributed by atoms with Crippen LogP contribution in [0.3, 0.4) is 0 Å². The van der Waals surface area contributed by atoms with Crippen LogP contribution >= 0.6 is 0 Å². The van der Waals surface area contributed by atoms with E-state index in [0.717, 1.165) is 5.82 Å². The molecule has 11 heteroatoms. The van der Waals surface area contributed by atoms with Gasteiger partial charge in [-0.25, -0.2) is 14.2 Å². The maximum absolute atomic E-state index is 15.1. The molecular weight excluding hydrogens is 491 g/mol. The van der Waals surface area contributed by atoms with Crippen molar-refractivity contribution in [3.05, 3.63) is 72.4 Å². The molecule has 2 aromatic heterocycles. The number of amides is 3. The van der Waals surface area contributed by atoms with Crippen molar-refractivity contribution in [1.82, 2.24) is 20.2 Å². The Morgan fingerprint density at radius 3 is 2.58 bits per heavy atom. The number of hydrogen-bond donors (Lipinski definition) is 1. The Hall–Kier alpha value is -4.54. The zero-order valence-corrected chi connectivity index (χ0v) is 20.8. The second kappa shape index (κ2) is 10.8. The van der Waals surface area contributed by atoms with Crippen molar-refractivity contribution in [2.45, 2.75) is 19.6 Å². The number of aromatic nitrogens is 2. The molecular formula is C27H27FN6O4. The van der Waals surface area contributed by atoms with E-state index in [1.165, 1.54) is 11.0 Å².